The van der Waals surface area contributed by atoms with Gasteiger partial charge in [-0.2, -0.15) is 4.39 Å². The first-order chi connectivity index (χ1) is 20.1. The molecule has 14 heteroatoms. The molecule has 42 heavy (non-hydrogen) atoms. The Morgan fingerprint density at radius 3 is 2.64 bits per heavy atom. The average molecular weight is 603 g/mol. The fourth-order valence-electron chi connectivity index (χ4n) is 4.49. The van der Waals surface area contributed by atoms with E-state index in [0.29, 0.717) is 18.2 Å². The van der Waals surface area contributed by atoms with Crippen LogP contribution in [-0.4, -0.2) is 48.7 Å². The van der Waals surface area contributed by atoms with E-state index in [4.69, 9.17) is 4.74 Å². The molecule has 0 radical (unpaired) electrons. The van der Waals surface area contributed by atoms with Crippen LogP contribution in [0.15, 0.2) is 60.9 Å². The molecule has 220 valence electrons. The first-order valence-corrected chi connectivity index (χ1v) is 14.5. The largest absolute Gasteiger partial charge is 0.435 e. The Labute approximate surface area is 239 Å². The van der Waals surface area contributed by atoms with Gasteiger partial charge in [-0.05, 0) is 30.7 Å². The zero-order chi connectivity index (χ0) is 29.9. The summed E-state index contributed by atoms with van der Waals surface area (Å²) in [4.78, 5) is 12.6. The predicted molar refractivity (Wildman–Crippen MR) is 149 cm³/mol. The molecule has 2 aromatic heterocycles. The van der Waals surface area contributed by atoms with Crippen molar-refractivity contribution in [1.82, 2.24) is 20.3 Å². The van der Waals surface area contributed by atoms with Gasteiger partial charge in [-0.25, -0.2) is 36.5 Å². The van der Waals surface area contributed by atoms with Gasteiger partial charge in [-0.15, -0.1) is 0 Å². The molecule has 3 heterocycles. The maximum Gasteiger partial charge on any atom is 0.237 e. The molecular formula is C28H26F4N6O3S. The highest BCUT2D eigenvalue weighted by Gasteiger charge is 2.26. The number of piperidine rings is 1. The van der Waals surface area contributed by atoms with Gasteiger partial charge in [0.1, 0.15) is 11.9 Å². The van der Waals surface area contributed by atoms with Crippen LogP contribution < -0.4 is 20.1 Å². The second-order valence-electron chi connectivity index (χ2n) is 9.77. The third-order valence-electron chi connectivity index (χ3n) is 6.36. The summed E-state index contributed by atoms with van der Waals surface area (Å²) in [5, 5.41) is 6.03. The highest BCUT2D eigenvalue weighted by molar-refractivity contribution is 7.91. The number of ether oxygens (including phenoxy) is 1. The van der Waals surface area contributed by atoms with E-state index in [1.807, 2.05) is 0 Å². The Hall–Kier alpha value is -4.30. The summed E-state index contributed by atoms with van der Waals surface area (Å²) in [6, 6.07) is 11.5. The number of hydrogen-bond donors (Lipinski definition) is 3. The molecule has 3 N–H and O–H groups in total. The van der Waals surface area contributed by atoms with E-state index in [9.17, 15) is 21.6 Å². The minimum Gasteiger partial charge on any atom is -0.435 e. The van der Waals surface area contributed by atoms with Crippen molar-refractivity contribution in [3.05, 3.63) is 89.5 Å². The molecule has 5 rings (SSSR count). The van der Waals surface area contributed by atoms with Gasteiger partial charge in [0.2, 0.25) is 27.7 Å². The third-order valence-corrected chi connectivity index (χ3v) is 7.59. The number of anilines is 2. The molecule has 2 atom stereocenters. The van der Waals surface area contributed by atoms with Crippen molar-refractivity contribution in [3.8, 4) is 22.9 Å². The molecule has 1 aliphatic heterocycles. The van der Waals surface area contributed by atoms with Crippen molar-refractivity contribution in [3.63, 3.8) is 0 Å². The number of benzene rings is 2. The summed E-state index contributed by atoms with van der Waals surface area (Å²) in [6.45, 7) is 2.55. The maximum atomic E-state index is 15.1. The lowest BCUT2D eigenvalue weighted by Gasteiger charge is -2.26. The SMILES string of the molecule is Cc1cccc(CS(=O)(=O)Nc2c(F)cc(Oc3ncccc3-c3ccnc(NC4CNC[C@@H](F)C4)n3)c(F)c2F)c1. The number of alkyl halides is 1. The first kappa shape index (κ1) is 29.2. The average Bonchev–Trinajstić information content (AvgIpc) is 2.94. The standard InChI is InChI=1S/C28H26F4N6O3S/c1-16-4-2-5-17(10-16)15-42(39,40)38-26-21(30)12-23(24(31)25(26)32)41-27-20(6-3-8-34-27)22-7-9-35-28(37-22)36-19-11-18(29)13-33-14-19/h2-10,12,18-19,33,38H,11,13-15H2,1H3,(H,35,36,37)/t18-,19?/m0/s1. The number of pyridine rings is 1. The van der Waals surface area contributed by atoms with E-state index in [-0.39, 0.29) is 42.1 Å². The summed E-state index contributed by atoms with van der Waals surface area (Å²) in [7, 11) is -4.29. The van der Waals surface area contributed by atoms with E-state index in [1.165, 1.54) is 18.5 Å². The van der Waals surface area contributed by atoms with E-state index < -0.39 is 50.8 Å². The molecular weight excluding hydrogens is 576 g/mol. The van der Waals surface area contributed by atoms with Crippen LogP contribution in [0.3, 0.4) is 0 Å². The molecule has 0 spiro atoms. The summed E-state index contributed by atoms with van der Waals surface area (Å²) >= 11 is 0. The predicted octanol–water partition coefficient (Wildman–Crippen LogP) is 5.11. The molecule has 0 saturated carbocycles. The van der Waals surface area contributed by atoms with Gasteiger partial charge in [0.05, 0.1) is 17.0 Å². The lowest BCUT2D eigenvalue weighted by Crippen LogP contribution is -2.44. The Bertz CT molecular complexity index is 1710. The first-order valence-electron chi connectivity index (χ1n) is 12.9. The molecule has 1 saturated heterocycles. The van der Waals surface area contributed by atoms with Gasteiger partial charge in [0, 0.05) is 44.0 Å². The lowest BCUT2D eigenvalue weighted by atomic mass is 10.1. The Kier molecular flexibility index (Phi) is 8.54. The third kappa shape index (κ3) is 6.94. The van der Waals surface area contributed by atoms with Crippen molar-refractivity contribution in [2.75, 3.05) is 23.1 Å². The number of aryl methyl sites for hydroxylation is 1. The second kappa shape index (κ2) is 12.3. The lowest BCUT2D eigenvalue weighted by molar-refractivity contribution is 0.254. The number of nitrogens with zero attached hydrogens (tertiary/aromatic N) is 3. The van der Waals surface area contributed by atoms with E-state index in [2.05, 4.69) is 25.6 Å². The number of hydrogen-bond acceptors (Lipinski definition) is 8. The maximum absolute atomic E-state index is 15.1. The molecule has 1 aliphatic rings. The number of rotatable bonds is 9. The topological polar surface area (TPSA) is 118 Å². The van der Waals surface area contributed by atoms with Gasteiger partial charge in [-0.1, -0.05) is 29.8 Å². The molecule has 2 aromatic carbocycles. The van der Waals surface area contributed by atoms with Crippen molar-refractivity contribution in [2.24, 2.45) is 0 Å². The minimum absolute atomic E-state index is 0.203. The number of aromatic nitrogens is 3. The van der Waals surface area contributed by atoms with Gasteiger partial charge in [-0.3, -0.25) is 4.72 Å². The Morgan fingerprint density at radius 2 is 1.86 bits per heavy atom. The molecule has 9 nitrogen and oxygen atoms in total. The quantitative estimate of drug-likeness (QED) is 0.179. The zero-order valence-corrected chi connectivity index (χ0v) is 23.1. The normalized spacial score (nSPS) is 17.1. The van der Waals surface area contributed by atoms with Crippen LogP contribution >= 0.6 is 0 Å². The molecule has 4 aromatic rings. The van der Waals surface area contributed by atoms with Crippen molar-refractivity contribution < 1.29 is 30.7 Å². The van der Waals surface area contributed by atoms with E-state index in [0.717, 1.165) is 5.56 Å². The van der Waals surface area contributed by atoms with Gasteiger partial charge >= 0.3 is 0 Å². The van der Waals surface area contributed by atoms with E-state index >= 15 is 4.39 Å². The van der Waals surface area contributed by atoms with Crippen molar-refractivity contribution in [1.29, 1.82) is 0 Å². The molecule has 1 fully saturated rings. The van der Waals surface area contributed by atoms with Crippen LogP contribution in [0.5, 0.6) is 11.6 Å². The summed E-state index contributed by atoms with van der Waals surface area (Å²) in [5.41, 5.74) is 0.547. The number of sulfonamides is 1. The number of nitrogens with one attached hydrogen (secondary N) is 3. The fraction of sp³-hybridized carbons (Fsp3) is 0.250. The fourth-order valence-corrected chi connectivity index (χ4v) is 5.67. The minimum atomic E-state index is -4.29. The molecule has 1 unspecified atom stereocenters. The van der Waals surface area contributed by atoms with E-state index in [1.54, 1.807) is 48.0 Å². The van der Waals surface area contributed by atoms with Crippen LogP contribution in [0.4, 0.5) is 29.2 Å². The number of halogens is 4. The Morgan fingerprint density at radius 1 is 1.02 bits per heavy atom. The van der Waals surface area contributed by atoms with Crippen LogP contribution in [0, 0.1) is 24.4 Å². The summed E-state index contributed by atoms with van der Waals surface area (Å²) < 4.78 is 91.2. The van der Waals surface area contributed by atoms with Gasteiger partial charge in [0.15, 0.2) is 17.4 Å². The van der Waals surface area contributed by atoms with Crippen molar-refractivity contribution >= 4 is 21.7 Å². The van der Waals surface area contributed by atoms with Crippen LogP contribution in [0.1, 0.15) is 17.5 Å². The molecule has 0 bridgehead atoms. The second-order valence-corrected chi connectivity index (χ2v) is 11.5. The molecule has 0 amide bonds. The highest BCUT2D eigenvalue weighted by Crippen LogP contribution is 2.36. The van der Waals surface area contributed by atoms with Gasteiger partial charge < -0.3 is 15.4 Å². The van der Waals surface area contributed by atoms with Crippen molar-refractivity contribution in [2.45, 2.75) is 31.3 Å². The van der Waals surface area contributed by atoms with Gasteiger partial charge in [0.25, 0.3) is 0 Å². The van der Waals surface area contributed by atoms with Crippen LogP contribution in [0.2, 0.25) is 0 Å². The molecule has 0 aliphatic carbocycles. The summed E-state index contributed by atoms with van der Waals surface area (Å²) in [5.74, 6) is -6.26. The summed E-state index contributed by atoms with van der Waals surface area (Å²) in [6.07, 6.45) is 2.04. The zero-order valence-electron chi connectivity index (χ0n) is 22.2. The smallest absolute Gasteiger partial charge is 0.237 e. The van der Waals surface area contributed by atoms with Crippen LogP contribution in [0.25, 0.3) is 11.3 Å². The highest BCUT2D eigenvalue weighted by atomic mass is 32.2. The van der Waals surface area contributed by atoms with Crippen LogP contribution in [-0.2, 0) is 15.8 Å². The monoisotopic (exact) mass is 602 g/mol. The Balaban J connectivity index is 1.38.